The SMILES string of the molecule is Cc1cc(F)c(Br)cc1Nc1cccc(C#N)c1N. The van der Waals surface area contributed by atoms with Crippen molar-refractivity contribution < 1.29 is 4.39 Å². The van der Waals surface area contributed by atoms with Gasteiger partial charge in [0.15, 0.2) is 0 Å². The van der Waals surface area contributed by atoms with Gasteiger partial charge >= 0.3 is 0 Å². The Hall–Kier alpha value is -2.06. The number of hydrogen-bond donors (Lipinski definition) is 2. The molecular weight excluding hydrogens is 309 g/mol. The van der Waals surface area contributed by atoms with Gasteiger partial charge in [0.2, 0.25) is 0 Å². The van der Waals surface area contributed by atoms with Crippen molar-refractivity contribution in [3.8, 4) is 6.07 Å². The Morgan fingerprint density at radius 3 is 2.74 bits per heavy atom. The van der Waals surface area contributed by atoms with Crippen LogP contribution in [0, 0.1) is 24.1 Å². The van der Waals surface area contributed by atoms with Crippen molar-refractivity contribution in [3.63, 3.8) is 0 Å². The quantitative estimate of drug-likeness (QED) is 0.819. The molecule has 0 radical (unpaired) electrons. The first-order valence-electron chi connectivity index (χ1n) is 5.54. The number of rotatable bonds is 2. The van der Waals surface area contributed by atoms with E-state index in [9.17, 15) is 4.39 Å². The number of aryl methyl sites for hydroxylation is 1. The normalized spacial score (nSPS) is 10.0. The number of nitrogens with two attached hydrogens (primary N) is 1. The minimum Gasteiger partial charge on any atom is -0.396 e. The number of anilines is 3. The molecule has 0 unspecified atom stereocenters. The number of nitriles is 1. The van der Waals surface area contributed by atoms with E-state index in [1.807, 2.05) is 6.07 Å². The molecule has 96 valence electrons. The van der Waals surface area contributed by atoms with Crippen LogP contribution in [0.25, 0.3) is 0 Å². The lowest BCUT2D eigenvalue weighted by Gasteiger charge is -2.13. The zero-order valence-electron chi connectivity index (χ0n) is 10.2. The number of nitrogens with zero attached hydrogens (tertiary/aromatic N) is 1. The molecule has 0 amide bonds. The first-order chi connectivity index (χ1) is 9.02. The Morgan fingerprint density at radius 2 is 2.05 bits per heavy atom. The van der Waals surface area contributed by atoms with Gasteiger partial charge in [0, 0.05) is 5.69 Å². The highest BCUT2D eigenvalue weighted by molar-refractivity contribution is 9.10. The van der Waals surface area contributed by atoms with Crippen LogP contribution in [0.1, 0.15) is 11.1 Å². The van der Waals surface area contributed by atoms with Crippen molar-refractivity contribution in [1.82, 2.24) is 0 Å². The van der Waals surface area contributed by atoms with Crippen molar-refractivity contribution in [2.75, 3.05) is 11.1 Å². The van der Waals surface area contributed by atoms with E-state index in [1.54, 1.807) is 31.2 Å². The van der Waals surface area contributed by atoms with Gasteiger partial charge in [0.05, 0.1) is 21.4 Å². The fourth-order valence-electron chi connectivity index (χ4n) is 1.70. The van der Waals surface area contributed by atoms with Crippen LogP contribution in [-0.2, 0) is 0 Å². The third-order valence-electron chi connectivity index (χ3n) is 2.76. The van der Waals surface area contributed by atoms with E-state index < -0.39 is 0 Å². The average Bonchev–Trinajstić information content (AvgIpc) is 2.38. The minimum atomic E-state index is -0.318. The third kappa shape index (κ3) is 2.69. The lowest BCUT2D eigenvalue weighted by molar-refractivity contribution is 0.620. The molecule has 0 saturated carbocycles. The number of hydrogen-bond acceptors (Lipinski definition) is 3. The van der Waals surface area contributed by atoms with Crippen molar-refractivity contribution >= 4 is 33.0 Å². The van der Waals surface area contributed by atoms with E-state index in [-0.39, 0.29) is 5.82 Å². The van der Waals surface area contributed by atoms with Crippen LogP contribution >= 0.6 is 15.9 Å². The Morgan fingerprint density at radius 1 is 1.32 bits per heavy atom. The highest BCUT2D eigenvalue weighted by atomic mass is 79.9. The van der Waals surface area contributed by atoms with Crippen LogP contribution < -0.4 is 11.1 Å². The second-order valence-corrected chi connectivity index (χ2v) is 4.94. The third-order valence-corrected chi connectivity index (χ3v) is 3.37. The summed E-state index contributed by atoms with van der Waals surface area (Å²) in [6.07, 6.45) is 0. The summed E-state index contributed by atoms with van der Waals surface area (Å²) in [5.74, 6) is -0.318. The maximum atomic E-state index is 13.4. The summed E-state index contributed by atoms with van der Waals surface area (Å²) in [5, 5.41) is 12.0. The first kappa shape index (κ1) is 13.4. The van der Waals surface area contributed by atoms with E-state index in [0.717, 1.165) is 11.3 Å². The van der Waals surface area contributed by atoms with Crippen LogP contribution in [-0.4, -0.2) is 0 Å². The number of nitrogen functional groups attached to an aromatic ring is 1. The van der Waals surface area contributed by atoms with Gasteiger partial charge in [0.25, 0.3) is 0 Å². The fourth-order valence-corrected chi connectivity index (χ4v) is 2.04. The molecule has 0 aliphatic carbocycles. The highest BCUT2D eigenvalue weighted by Crippen LogP contribution is 2.30. The predicted octanol–water partition coefficient (Wildman–Crippen LogP) is 4.09. The zero-order valence-corrected chi connectivity index (χ0v) is 11.8. The number of para-hydroxylation sites is 1. The summed E-state index contributed by atoms with van der Waals surface area (Å²) in [6.45, 7) is 1.79. The number of halogens is 2. The van der Waals surface area contributed by atoms with E-state index in [2.05, 4.69) is 21.2 Å². The van der Waals surface area contributed by atoms with Gasteiger partial charge < -0.3 is 11.1 Å². The molecule has 0 fully saturated rings. The molecule has 0 saturated heterocycles. The Bertz CT molecular complexity index is 677. The van der Waals surface area contributed by atoms with E-state index in [4.69, 9.17) is 11.0 Å². The summed E-state index contributed by atoms with van der Waals surface area (Å²) >= 11 is 3.14. The monoisotopic (exact) mass is 319 g/mol. The summed E-state index contributed by atoms with van der Waals surface area (Å²) in [7, 11) is 0. The average molecular weight is 320 g/mol. The molecule has 2 aromatic carbocycles. The molecule has 0 bridgehead atoms. The van der Waals surface area contributed by atoms with Crippen LogP contribution in [0.5, 0.6) is 0 Å². The highest BCUT2D eigenvalue weighted by Gasteiger charge is 2.08. The molecule has 0 aromatic heterocycles. The lowest BCUT2D eigenvalue weighted by atomic mass is 10.1. The molecule has 19 heavy (non-hydrogen) atoms. The van der Waals surface area contributed by atoms with E-state index >= 15 is 0 Å². The van der Waals surface area contributed by atoms with Crippen LogP contribution in [0.3, 0.4) is 0 Å². The molecule has 2 rings (SSSR count). The molecule has 0 aliphatic heterocycles. The smallest absolute Gasteiger partial charge is 0.137 e. The lowest BCUT2D eigenvalue weighted by Crippen LogP contribution is -2.00. The van der Waals surface area contributed by atoms with Crippen LogP contribution in [0.15, 0.2) is 34.8 Å². The Kier molecular flexibility index (Phi) is 3.72. The maximum absolute atomic E-state index is 13.4. The second kappa shape index (κ2) is 5.29. The van der Waals surface area contributed by atoms with Crippen molar-refractivity contribution in [1.29, 1.82) is 5.26 Å². The van der Waals surface area contributed by atoms with Crippen molar-refractivity contribution in [2.45, 2.75) is 6.92 Å². The molecule has 0 spiro atoms. The van der Waals surface area contributed by atoms with Gasteiger partial charge in [0.1, 0.15) is 11.9 Å². The second-order valence-electron chi connectivity index (χ2n) is 4.08. The molecule has 0 aliphatic rings. The molecular formula is C14H11BrFN3. The largest absolute Gasteiger partial charge is 0.396 e. The number of nitrogens with one attached hydrogen (secondary N) is 1. The molecule has 3 N–H and O–H groups in total. The van der Waals surface area contributed by atoms with Gasteiger partial charge in [-0.1, -0.05) is 6.07 Å². The minimum absolute atomic E-state index is 0.318. The predicted molar refractivity (Wildman–Crippen MR) is 77.7 cm³/mol. The summed E-state index contributed by atoms with van der Waals surface area (Å²) < 4.78 is 13.7. The Balaban J connectivity index is 2.43. The van der Waals surface area contributed by atoms with Gasteiger partial charge in [-0.15, -0.1) is 0 Å². The molecule has 2 aromatic rings. The summed E-state index contributed by atoms with van der Waals surface area (Å²) in [5.41, 5.74) is 8.78. The van der Waals surface area contributed by atoms with Gasteiger partial charge in [-0.3, -0.25) is 0 Å². The maximum Gasteiger partial charge on any atom is 0.137 e. The van der Waals surface area contributed by atoms with Gasteiger partial charge in [-0.05, 0) is 52.7 Å². The number of benzene rings is 2. The molecule has 0 atom stereocenters. The van der Waals surface area contributed by atoms with E-state index in [1.165, 1.54) is 6.07 Å². The van der Waals surface area contributed by atoms with E-state index in [0.29, 0.717) is 21.4 Å². The van der Waals surface area contributed by atoms with Crippen LogP contribution in [0.4, 0.5) is 21.5 Å². The standard InChI is InChI=1S/C14H11BrFN3/c1-8-5-11(16)10(15)6-13(8)19-12-4-2-3-9(7-17)14(12)18/h2-6,19H,18H2,1H3. The van der Waals surface area contributed by atoms with Crippen LogP contribution in [0.2, 0.25) is 0 Å². The molecule has 0 heterocycles. The topological polar surface area (TPSA) is 61.8 Å². The first-order valence-corrected chi connectivity index (χ1v) is 6.33. The summed E-state index contributed by atoms with van der Waals surface area (Å²) in [4.78, 5) is 0. The zero-order chi connectivity index (χ0) is 14.0. The summed E-state index contributed by atoms with van der Waals surface area (Å²) in [6, 6.07) is 10.3. The van der Waals surface area contributed by atoms with Gasteiger partial charge in [-0.25, -0.2) is 4.39 Å². The molecule has 5 heteroatoms. The molecule has 3 nitrogen and oxygen atoms in total. The van der Waals surface area contributed by atoms with Crippen molar-refractivity contribution in [3.05, 3.63) is 51.7 Å². The fraction of sp³-hybridized carbons (Fsp3) is 0.0714. The van der Waals surface area contributed by atoms with Crippen molar-refractivity contribution in [2.24, 2.45) is 0 Å². The van der Waals surface area contributed by atoms with Gasteiger partial charge in [-0.2, -0.15) is 5.26 Å². The Labute approximate surface area is 119 Å².